The number of hydrogen-bond acceptors (Lipinski definition) is 4. The van der Waals surface area contributed by atoms with Crippen LogP contribution in [0.25, 0.3) is 0 Å². The van der Waals surface area contributed by atoms with E-state index in [2.05, 4.69) is 24.8 Å². The van der Waals surface area contributed by atoms with Crippen LogP contribution in [0.2, 0.25) is 0 Å². The number of benzene rings is 2. The van der Waals surface area contributed by atoms with Gasteiger partial charge in [-0.2, -0.15) is 0 Å². The van der Waals surface area contributed by atoms with Crippen LogP contribution in [0.5, 0.6) is 0 Å². The highest BCUT2D eigenvalue weighted by Crippen LogP contribution is 2.32. The normalized spacial score (nSPS) is 19.5. The third kappa shape index (κ3) is 3.84. The second-order valence-electron chi connectivity index (χ2n) is 7.67. The van der Waals surface area contributed by atoms with Crippen molar-refractivity contribution in [2.45, 2.75) is 39.0 Å². The highest BCUT2D eigenvalue weighted by atomic mass is 16.7. The molecule has 0 unspecified atom stereocenters. The number of rotatable bonds is 4. The second kappa shape index (κ2) is 7.55. The van der Waals surface area contributed by atoms with Crippen molar-refractivity contribution >= 4 is 5.78 Å². The van der Waals surface area contributed by atoms with Crippen LogP contribution in [0.3, 0.4) is 0 Å². The maximum atomic E-state index is 13.1. The van der Waals surface area contributed by atoms with E-state index >= 15 is 0 Å². The summed E-state index contributed by atoms with van der Waals surface area (Å²) in [5.41, 5.74) is 5.00. The summed E-state index contributed by atoms with van der Waals surface area (Å²) >= 11 is 0. The molecule has 2 fully saturated rings. The minimum Gasteiger partial charge on any atom is -0.347 e. The lowest BCUT2D eigenvalue weighted by atomic mass is 9.95. The average Bonchev–Trinajstić information content (AvgIpc) is 3.14. The van der Waals surface area contributed by atoms with Crippen LogP contribution in [-0.2, 0) is 16.0 Å². The predicted molar refractivity (Wildman–Crippen MR) is 105 cm³/mol. The van der Waals surface area contributed by atoms with Crippen LogP contribution < -0.4 is 0 Å². The molecule has 0 N–H and O–H groups in total. The average molecular weight is 365 g/mol. The Morgan fingerprint density at radius 1 is 1.00 bits per heavy atom. The van der Waals surface area contributed by atoms with E-state index in [4.69, 9.17) is 9.47 Å². The quantitative estimate of drug-likeness (QED) is 0.771. The first kappa shape index (κ1) is 18.4. The number of piperidine rings is 1. The Hall–Kier alpha value is -2.01. The van der Waals surface area contributed by atoms with Gasteiger partial charge in [0.05, 0.1) is 13.2 Å². The van der Waals surface area contributed by atoms with Crippen molar-refractivity contribution in [2.24, 2.45) is 0 Å². The lowest BCUT2D eigenvalue weighted by Crippen LogP contribution is -2.44. The molecule has 2 aliphatic heterocycles. The van der Waals surface area contributed by atoms with Crippen LogP contribution in [0.15, 0.2) is 42.5 Å². The van der Waals surface area contributed by atoms with Crippen molar-refractivity contribution in [1.82, 2.24) is 4.90 Å². The van der Waals surface area contributed by atoms with E-state index in [0.717, 1.165) is 54.7 Å². The summed E-state index contributed by atoms with van der Waals surface area (Å²) in [6, 6.07) is 13.9. The lowest BCUT2D eigenvalue weighted by Gasteiger charge is -2.37. The number of carbonyl (C=O) groups is 1. The fourth-order valence-corrected chi connectivity index (χ4v) is 4.00. The van der Waals surface area contributed by atoms with Gasteiger partial charge < -0.3 is 9.47 Å². The Kier molecular flexibility index (Phi) is 5.13. The fraction of sp³-hybridized carbons (Fsp3) is 0.435. The third-order valence-corrected chi connectivity index (χ3v) is 5.86. The Morgan fingerprint density at radius 2 is 1.70 bits per heavy atom. The van der Waals surface area contributed by atoms with Crippen LogP contribution in [0.1, 0.15) is 45.5 Å². The fourth-order valence-electron chi connectivity index (χ4n) is 4.00. The van der Waals surface area contributed by atoms with Gasteiger partial charge >= 0.3 is 0 Å². The zero-order valence-electron chi connectivity index (χ0n) is 16.2. The first-order chi connectivity index (χ1) is 13.1. The number of likely N-dealkylation sites (tertiary alicyclic amines) is 1. The molecular formula is C23H27NO3. The summed E-state index contributed by atoms with van der Waals surface area (Å²) in [5, 5.41) is 0. The molecule has 0 bridgehead atoms. The van der Waals surface area contributed by atoms with Crippen molar-refractivity contribution in [2.75, 3.05) is 26.3 Å². The molecule has 2 aliphatic rings. The summed E-state index contributed by atoms with van der Waals surface area (Å²) in [5.74, 6) is -0.254. The van der Waals surface area contributed by atoms with E-state index in [0.29, 0.717) is 13.2 Å². The van der Waals surface area contributed by atoms with Crippen molar-refractivity contribution in [3.63, 3.8) is 0 Å². The predicted octanol–water partition coefficient (Wildman–Crippen LogP) is 3.87. The minimum absolute atomic E-state index is 0.102. The second-order valence-corrected chi connectivity index (χ2v) is 7.67. The van der Waals surface area contributed by atoms with Crippen molar-refractivity contribution in [3.05, 3.63) is 70.3 Å². The molecule has 0 aromatic heterocycles. The standard InChI is InChI=1S/C23H27NO3/c1-17-7-8-19(15-18(17)2)22(25)21-6-4-3-5-20(21)16-24-11-9-23(10-12-24)26-13-14-27-23/h3-8,15H,9-14,16H2,1-2H3. The molecule has 0 radical (unpaired) electrons. The number of ketones is 1. The maximum Gasteiger partial charge on any atom is 0.193 e. The van der Waals surface area contributed by atoms with Crippen LogP contribution in [0.4, 0.5) is 0 Å². The summed E-state index contributed by atoms with van der Waals surface area (Å²) in [7, 11) is 0. The van der Waals surface area contributed by atoms with Gasteiger partial charge in [-0.25, -0.2) is 0 Å². The zero-order chi connectivity index (χ0) is 18.9. The first-order valence-corrected chi connectivity index (χ1v) is 9.76. The molecule has 142 valence electrons. The minimum atomic E-state index is -0.356. The van der Waals surface area contributed by atoms with E-state index in [9.17, 15) is 4.79 Å². The highest BCUT2D eigenvalue weighted by Gasteiger charge is 2.39. The summed E-state index contributed by atoms with van der Waals surface area (Å²) in [4.78, 5) is 15.5. The monoisotopic (exact) mass is 365 g/mol. The molecule has 2 aromatic carbocycles. The van der Waals surface area contributed by atoms with Gasteiger partial charge in [-0.1, -0.05) is 36.4 Å². The molecular weight excluding hydrogens is 338 g/mol. The van der Waals surface area contributed by atoms with Gasteiger partial charge in [-0.3, -0.25) is 9.69 Å². The molecule has 2 saturated heterocycles. The Bertz CT molecular complexity index is 829. The van der Waals surface area contributed by atoms with Crippen LogP contribution >= 0.6 is 0 Å². The Labute approximate surface area is 161 Å². The summed E-state index contributed by atoms with van der Waals surface area (Å²) in [6.45, 7) is 8.15. The van der Waals surface area contributed by atoms with E-state index in [-0.39, 0.29) is 11.6 Å². The Balaban J connectivity index is 1.49. The number of ether oxygens (including phenoxy) is 2. The number of nitrogens with zero attached hydrogens (tertiary/aromatic N) is 1. The molecule has 0 amide bonds. The number of hydrogen-bond donors (Lipinski definition) is 0. The smallest absolute Gasteiger partial charge is 0.193 e. The van der Waals surface area contributed by atoms with Crippen LogP contribution in [0, 0.1) is 13.8 Å². The molecule has 2 heterocycles. The van der Waals surface area contributed by atoms with Gasteiger partial charge in [0.2, 0.25) is 0 Å². The molecule has 27 heavy (non-hydrogen) atoms. The SMILES string of the molecule is Cc1ccc(C(=O)c2ccccc2CN2CCC3(CC2)OCCO3)cc1C. The summed E-state index contributed by atoms with van der Waals surface area (Å²) in [6.07, 6.45) is 1.78. The molecule has 0 atom stereocenters. The van der Waals surface area contributed by atoms with E-state index in [1.165, 1.54) is 5.56 Å². The highest BCUT2D eigenvalue weighted by molar-refractivity contribution is 6.10. The Morgan fingerprint density at radius 3 is 2.41 bits per heavy atom. The van der Waals surface area contributed by atoms with Gasteiger partial charge in [0.15, 0.2) is 11.6 Å². The van der Waals surface area contributed by atoms with E-state index in [1.54, 1.807) is 0 Å². The zero-order valence-corrected chi connectivity index (χ0v) is 16.2. The number of carbonyl (C=O) groups excluding carboxylic acids is 1. The molecule has 0 saturated carbocycles. The lowest BCUT2D eigenvalue weighted by molar-refractivity contribution is -0.185. The topological polar surface area (TPSA) is 38.8 Å². The van der Waals surface area contributed by atoms with Crippen molar-refractivity contribution in [1.29, 1.82) is 0 Å². The van der Waals surface area contributed by atoms with E-state index < -0.39 is 0 Å². The van der Waals surface area contributed by atoms with Crippen molar-refractivity contribution in [3.8, 4) is 0 Å². The first-order valence-electron chi connectivity index (χ1n) is 9.76. The molecule has 2 aromatic rings. The summed E-state index contributed by atoms with van der Waals surface area (Å²) < 4.78 is 11.6. The van der Waals surface area contributed by atoms with E-state index in [1.807, 2.05) is 36.4 Å². The van der Waals surface area contributed by atoms with Gasteiger partial charge in [0.1, 0.15) is 0 Å². The van der Waals surface area contributed by atoms with Gasteiger partial charge in [-0.05, 0) is 36.6 Å². The van der Waals surface area contributed by atoms with Crippen LogP contribution in [-0.4, -0.2) is 42.8 Å². The third-order valence-electron chi connectivity index (χ3n) is 5.86. The van der Waals surface area contributed by atoms with Gasteiger partial charge in [0, 0.05) is 43.6 Å². The van der Waals surface area contributed by atoms with Crippen molar-refractivity contribution < 1.29 is 14.3 Å². The molecule has 4 heteroatoms. The molecule has 4 nitrogen and oxygen atoms in total. The molecule has 1 spiro atoms. The largest absolute Gasteiger partial charge is 0.347 e. The molecule has 0 aliphatic carbocycles. The van der Waals surface area contributed by atoms with Gasteiger partial charge in [-0.15, -0.1) is 0 Å². The number of aryl methyl sites for hydroxylation is 2. The van der Waals surface area contributed by atoms with Gasteiger partial charge in [0.25, 0.3) is 0 Å². The maximum absolute atomic E-state index is 13.1. The molecule has 4 rings (SSSR count).